The molecule has 1 unspecified atom stereocenters. The molecule has 0 bridgehead atoms. The number of ether oxygens (including phenoxy) is 1. The Morgan fingerprint density at radius 1 is 1.62 bits per heavy atom. The third-order valence-corrected chi connectivity index (χ3v) is 2.90. The lowest BCUT2D eigenvalue weighted by molar-refractivity contribution is 0.219. The average Bonchev–Trinajstić information content (AvgIpc) is 2.73. The van der Waals surface area contributed by atoms with Crippen LogP contribution in [0.1, 0.15) is 31.5 Å². The molecule has 2 rings (SSSR count). The zero-order valence-corrected chi connectivity index (χ0v) is 9.94. The first-order chi connectivity index (χ1) is 7.83. The van der Waals surface area contributed by atoms with Gasteiger partial charge in [-0.2, -0.15) is 5.10 Å². The van der Waals surface area contributed by atoms with Crippen molar-refractivity contribution >= 4 is 0 Å². The molecule has 1 N–H and O–H groups in total. The van der Waals surface area contributed by atoms with Crippen molar-refractivity contribution in [2.45, 2.75) is 25.8 Å². The van der Waals surface area contributed by atoms with E-state index in [1.54, 1.807) is 0 Å². The van der Waals surface area contributed by atoms with Gasteiger partial charge in [-0.1, -0.05) is 6.92 Å². The Hall–Kier alpha value is -1.29. The van der Waals surface area contributed by atoms with Crippen molar-refractivity contribution in [2.75, 3.05) is 13.2 Å². The highest BCUT2D eigenvalue weighted by Crippen LogP contribution is 2.26. The van der Waals surface area contributed by atoms with Crippen LogP contribution >= 0.6 is 0 Å². The molecule has 0 fully saturated rings. The van der Waals surface area contributed by atoms with Crippen LogP contribution in [0, 0.1) is 0 Å². The number of rotatable bonds is 4. The van der Waals surface area contributed by atoms with Gasteiger partial charge in [0.2, 0.25) is 0 Å². The molecular formula is C12H19N3O. The molecule has 0 spiro atoms. The Labute approximate surface area is 96.3 Å². The molecule has 0 aromatic carbocycles. The molecule has 1 aliphatic rings. The summed E-state index contributed by atoms with van der Waals surface area (Å²) in [6.45, 7) is 3.90. The van der Waals surface area contributed by atoms with E-state index >= 15 is 0 Å². The molecule has 0 amide bonds. The maximum atomic E-state index is 5.42. The molecule has 1 aliphatic heterocycles. The van der Waals surface area contributed by atoms with E-state index in [2.05, 4.69) is 23.4 Å². The van der Waals surface area contributed by atoms with Gasteiger partial charge in [0.05, 0.1) is 24.6 Å². The number of nitrogens with zero attached hydrogens (tertiary/aromatic N) is 2. The zero-order valence-electron chi connectivity index (χ0n) is 9.94. The fourth-order valence-corrected chi connectivity index (χ4v) is 2.09. The lowest BCUT2D eigenvalue weighted by atomic mass is 9.99. The summed E-state index contributed by atoms with van der Waals surface area (Å²) in [5, 5.41) is 7.71. The number of hydrogen-bond donors (Lipinski definition) is 1. The number of nitrogens with one attached hydrogen (secondary N) is 1. The number of aryl methyl sites for hydroxylation is 1. The van der Waals surface area contributed by atoms with Gasteiger partial charge in [-0.05, 0) is 31.0 Å². The Kier molecular flexibility index (Phi) is 3.62. The summed E-state index contributed by atoms with van der Waals surface area (Å²) >= 11 is 0. The van der Waals surface area contributed by atoms with Crippen molar-refractivity contribution in [1.29, 1.82) is 0 Å². The molecule has 88 valence electrons. The zero-order chi connectivity index (χ0) is 11.4. The standard InChI is InChI=1S/C12H19N3O/c1-3-13-12(10-5-4-8-16-9-10)11-6-7-14-15(11)2/h6-7,9,12-13H,3-5,8H2,1-2H3. The second kappa shape index (κ2) is 5.16. The molecule has 0 saturated carbocycles. The molecule has 4 nitrogen and oxygen atoms in total. The first-order valence-corrected chi connectivity index (χ1v) is 5.84. The van der Waals surface area contributed by atoms with Gasteiger partial charge in [0.1, 0.15) is 0 Å². The number of likely N-dealkylation sites (N-methyl/N-ethyl adjacent to an activating group) is 1. The van der Waals surface area contributed by atoms with Crippen molar-refractivity contribution in [3.8, 4) is 0 Å². The average molecular weight is 221 g/mol. The Bertz CT molecular complexity index is 370. The van der Waals surface area contributed by atoms with Crippen molar-refractivity contribution in [1.82, 2.24) is 15.1 Å². The van der Waals surface area contributed by atoms with Crippen LogP contribution in [-0.2, 0) is 11.8 Å². The van der Waals surface area contributed by atoms with Crippen molar-refractivity contribution < 1.29 is 4.74 Å². The highest BCUT2D eigenvalue weighted by Gasteiger charge is 2.20. The molecule has 0 saturated heterocycles. The van der Waals surface area contributed by atoms with Gasteiger partial charge in [-0.15, -0.1) is 0 Å². The fourth-order valence-electron chi connectivity index (χ4n) is 2.09. The van der Waals surface area contributed by atoms with Crippen LogP contribution in [0.15, 0.2) is 24.1 Å². The Morgan fingerprint density at radius 3 is 3.06 bits per heavy atom. The minimum absolute atomic E-state index is 0.234. The number of hydrogen-bond acceptors (Lipinski definition) is 3. The summed E-state index contributed by atoms with van der Waals surface area (Å²) < 4.78 is 7.34. The van der Waals surface area contributed by atoms with E-state index in [1.807, 2.05) is 24.2 Å². The maximum Gasteiger partial charge on any atom is 0.0876 e. The summed E-state index contributed by atoms with van der Waals surface area (Å²) in [6, 6.07) is 2.29. The fraction of sp³-hybridized carbons (Fsp3) is 0.583. The number of aromatic nitrogens is 2. The Balaban J connectivity index is 2.23. The predicted molar refractivity (Wildman–Crippen MR) is 62.9 cm³/mol. The van der Waals surface area contributed by atoms with E-state index in [0.717, 1.165) is 26.0 Å². The molecular weight excluding hydrogens is 202 g/mol. The van der Waals surface area contributed by atoms with Crippen LogP contribution in [0.25, 0.3) is 0 Å². The lowest BCUT2D eigenvalue weighted by Gasteiger charge is -2.24. The van der Waals surface area contributed by atoms with Crippen LogP contribution in [-0.4, -0.2) is 22.9 Å². The van der Waals surface area contributed by atoms with Crippen molar-refractivity contribution in [3.63, 3.8) is 0 Å². The van der Waals surface area contributed by atoms with Gasteiger partial charge in [0.25, 0.3) is 0 Å². The topological polar surface area (TPSA) is 39.1 Å². The second-order valence-corrected chi connectivity index (χ2v) is 4.04. The largest absolute Gasteiger partial charge is 0.501 e. The first-order valence-electron chi connectivity index (χ1n) is 5.84. The van der Waals surface area contributed by atoms with Crippen LogP contribution in [0.2, 0.25) is 0 Å². The summed E-state index contributed by atoms with van der Waals surface area (Å²) in [5.74, 6) is 0. The summed E-state index contributed by atoms with van der Waals surface area (Å²) in [7, 11) is 1.98. The van der Waals surface area contributed by atoms with Gasteiger partial charge in [0, 0.05) is 13.2 Å². The molecule has 1 aromatic heterocycles. The lowest BCUT2D eigenvalue weighted by Crippen LogP contribution is -2.26. The highest BCUT2D eigenvalue weighted by molar-refractivity contribution is 5.21. The van der Waals surface area contributed by atoms with Crippen LogP contribution in [0.4, 0.5) is 0 Å². The van der Waals surface area contributed by atoms with Crippen LogP contribution in [0.3, 0.4) is 0 Å². The third kappa shape index (κ3) is 2.27. The summed E-state index contributed by atoms with van der Waals surface area (Å²) in [4.78, 5) is 0. The first kappa shape index (κ1) is 11.2. The quantitative estimate of drug-likeness (QED) is 0.842. The van der Waals surface area contributed by atoms with E-state index in [1.165, 1.54) is 11.3 Å². The van der Waals surface area contributed by atoms with E-state index in [-0.39, 0.29) is 6.04 Å². The van der Waals surface area contributed by atoms with Gasteiger partial charge in [-0.25, -0.2) is 0 Å². The van der Waals surface area contributed by atoms with Crippen molar-refractivity contribution in [3.05, 3.63) is 29.8 Å². The molecule has 1 atom stereocenters. The van der Waals surface area contributed by atoms with Crippen LogP contribution < -0.4 is 5.32 Å². The minimum atomic E-state index is 0.234. The van der Waals surface area contributed by atoms with Crippen LogP contribution in [0.5, 0.6) is 0 Å². The summed E-state index contributed by atoms with van der Waals surface area (Å²) in [6.07, 6.45) is 5.95. The normalized spacial score (nSPS) is 17.8. The molecule has 16 heavy (non-hydrogen) atoms. The molecule has 2 heterocycles. The predicted octanol–water partition coefficient (Wildman–Crippen LogP) is 1.76. The SMILES string of the molecule is CCNC(C1=COCCC1)c1ccnn1C. The van der Waals surface area contributed by atoms with Crippen molar-refractivity contribution in [2.24, 2.45) is 7.05 Å². The Morgan fingerprint density at radius 2 is 2.50 bits per heavy atom. The van der Waals surface area contributed by atoms with Gasteiger partial charge in [-0.3, -0.25) is 4.68 Å². The summed E-state index contributed by atoms with van der Waals surface area (Å²) in [5.41, 5.74) is 2.51. The van der Waals surface area contributed by atoms with E-state index in [9.17, 15) is 0 Å². The van der Waals surface area contributed by atoms with Gasteiger partial charge < -0.3 is 10.1 Å². The molecule has 0 radical (unpaired) electrons. The minimum Gasteiger partial charge on any atom is -0.501 e. The third-order valence-electron chi connectivity index (χ3n) is 2.90. The second-order valence-electron chi connectivity index (χ2n) is 4.04. The highest BCUT2D eigenvalue weighted by atomic mass is 16.5. The van der Waals surface area contributed by atoms with E-state index in [4.69, 9.17) is 4.74 Å². The molecule has 0 aliphatic carbocycles. The van der Waals surface area contributed by atoms with E-state index < -0.39 is 0 Å². The van der Waals surface area contributed by atoms with E-state index in [0.29, 0.717) is 0 Å². The smallest absolute Gasteiger partial charge is 0.0876 e. The monoisotopic (exact) mass is 221 g/mol. The molecule has 1 aromatic rings. The van der Waals surface area contributed by atoms with Gasteiger partial charge in [0.15, 0.2) is 0 Å². The maximum absolute atomic E-state index is 5.42. The van der Waals surface area contributed by atoms with Gasteiger partial charge >= 0.3 is 0 Å². The molecule has 4 heteroatoms.